The summed E-state index contributed by atoms with van der Waals surface area (Å²) >= 11 is 7.71. The van der Waals surface area contributed by atoms with E-state index in [9.17, 15) is 4.79 Å². The van der Waals surface area contributed by atoms with Gasteiger partial charge in [-0.2, -0.15) is 11.8 Å². The molecule has 1 saturated carbocycles. The number of rotatable bonds is 5. The summed E-state index contributed by atoms with van der Waals surface area (Å²) in [5, 5.41) is 12.5. The van der Waals surface area contributed by atoms with E-state index in [1.165, 1.54) is 44.4 Å². The summed E-state index contributed by atoms with van der Waals surface area (Å²) in [5.74, 6) is -0.455. The molecule has 20 heavy (non-hydrogen) atoms. The maximum Gasteiger partial charge on any atom is 0.337 e. The molecule has 0 radical (unpaired) electrons. The third kappa shape index (κ3) is 3.58. The second-order valence-electron chi connectivity index (χ2n) is 5.16. The number of nitrogens with one attached hydrogen (secondary N) is 1. The predicted molar refractivity (Wildman–Crippen MR) is 84.0 cm³/mol. The second kappa shape index (κ2) is 6.68. The van der Waals surface area contributed by atoms with Gasteiger partial charge in [-0.1, -0.05) is 30.9 Å². The zero-order valence-electron chi connectivity index (χ0n) is 11.5. The Bertz CT molecular complexity index is 490. The topological polar surface area (TPSA) is 62.2 Å². The predicted octanol–water partition coefficient (Wildman–Crippen LogP) is 3.91. The molecular formula is C14H19ClN2O2S. The lowest BCUT2D eigenvalue weighted by molar-refractivity contribution is 0.0697. The molecular weight excluding hydrogens is 296 g/mol. The largest absolute Gasteiger partial charge is 0.478 e. The van der Waals surface area contributed by atoms with Gasteiger partial charge in [0.15, 0.2) is 0 Å². The van der Waals surface area contributed by atoms with Gasteiger partial charge in [-0.05, 0) is 25.2 Å². The molecule has 1 aliphatic rings. The van der Waals surface area contributed by atoms with E-state index < -0.39 is 5.97 Å². The fourth-order valence-corrected chi connectivity index (χ4v) is 3.70. The molecule has 0 spiro atoms. The zero-order valence-corrected chi connectivity index (χ0v) is 13.1. The van der Waals surface area contributed by atoms with Crippen molar-refractivity contribution in [1.29, 1.82) is 0 Å². The van der Waals surface area contributed by atoms with Gasteiger partial charge in [-0.3, -0.25) is 0 Å². The van der Waals surface area contributed by atoms with Crippen LogP contribution in [0.2, 0.25) is 5.02 Å². The lowest BCUT2D eigenvalue weighted by atomic mass is 9.88. The maximum atomic E-state index is 11.1. The molecule has 0 saturated heterocycles. The molecule has 0 atom stereocenters. The van der Waals surface area contributed by atoms with Crippen LogP contribution in [0, 0.1) is 0 Å². The maximum absolute atomic E-state index is 11.1. The van der Waals surface area contributed by atoms with Gasteiger partial charge in [-0.25, -0.2) is 9.78 Å². The van der Waals surface area contributed by atoms with Crippen molar-refractivity contribution in [2.75, 3.05) is 18.1 Å². The number of nitrogens with zero attached hydrogens (tertiary/aromatic N) is 1. The fraction of sp³-hybridized carbons (Fsp3) is 0.571. The normalized spacial score (nSPS) is 17.7. The number of anilines is 1. The molecule has 2 N–H and O–H groups in total. The summed E-state index contributed by atoms with van der Waals surface area (Å²) in [6, 6.07) is 1.50. The third-order valence-corrected chi connectivity index (χ3v) is 5.60. The molecule has 2 rings (SSSR count). The molecule has 6 heteroatoms. The second-order valence-corrected chi connectivity index (χ2v) is 6.84. The van der Waals surface area contributed by atoms with Gasteiger partial charge in [0.1, 0.15) is 5.82 Å². The molecule has 1 aromatic rings. The molecule has 110 valence electrons. The summed E-state index contributed by atoms with van der Waals surface area (Å²) in [5.41, 5.74) is 0.0889. The van der Waals surface area contributed by atoms with Crippen LogP contribution in [0.15, 0.2) is 12.3 Å². The Morgan fingerprint density at radius 2 is 2.20 bits per heavy atom. The van der Waals surface area contributed by atoms with Crippen LogP contribution >= 0.6 is 23.4 Å². The number of thioether (sulfide) groups is 1. The highest BCUT2D eigenvalue weighted by Gasteiger charge is 2.31. The molecule has 0 amide bonds. The average molecular weight is 315 g/mol. The van der Waals surface area contributed by atoms with E-state index in [1.807, 2.05) is 11.8 Å². The van der Waals surface area contributed by atoms with Gasteiger partial charge in [0, 0.05) is 17.5 Å². The minimum atomic E-state index is -1.03. The standard InChI is InChI=1S/C14H19ClN2O2S/c1-20-14(5-3-2-4-6-14)9-17-12-7-10(13(18)19)11(15)8-16-12/h7-8H,2-6,9H2,1H3,(H,16,17)(H,18,19). The first-order valence-corrected chi connectivity index (χ1v) is 8.34. The molecule has 1 aliphatic carbocycles. The van der Waals surface area contributed by atoms with E-state index in [4.69, 9.17) is 16.7 Å². The first-order chi connectivity index (χ1) is 9.56. The van der Waals surface area contributed by atoms with Crippen molar-refractivity contribution in [3.63, 3.8) is 0 Å². The van der Waals surface area contributed by atoms with Crippen LogP contribution < -0.4 is 5.32 Å². The summed E-state index contributed by atoms with van der Waals surface area (Å²) in [6.07, 6.45) is 9.75. The van der Waals surface area contributed by atoms with Crippen molar-refractivity contribution in [2.24, 2.45) is 0 Å². The van der Waals surface area contributed by atoms with Crippen LogP contribution in [0.5, 0.6) is 0 Å². The van der Waals surface area contributed by atoms with Gasteiger partial charge >= 0.3 is 5.97 Å². The van der Waals surface area contributed by atoms with Gasteiger partial charge < -0.3 is 10.4 Å². The number of carboxylic acids is 1. The number of halogens is 1. The van der Waals surface area contributed by atoms with Crippen LogP contribution in [0.3, 0.4) is 0 Å². The molecule has 1 aromatic heterocycles. The van der Waals surface area contributed by atoms with Crippen molar-refractivity contribution in [3.8, 4) is 0 Å². The number of carbonyl (C=O) groups is 1. The molecule has 0 aliphatic heterocycles. The number of pyridine rings is 1. The highest BCUT2D eigenvalue weighted by atomic mass is 35.5. The minimum Gasteiger partial charge on any atom is -0.478 e. The van der Waals surface area contributed by atoms with Crippen molar-refractivity contribution >= 4 is 35.1 Å². The van der Waals surface area contributed by atoms with Gasteiger partial charge in [-0.15, -0.1) is 0 Å². The molecule has 0 unspecified atom stereocenters. The van der Waals surface area contributed by atoms with Crippen LogP contribution in [-0.2, 0) is 0 Å². The number of aromatic nitrogens is 1. The van der Waals surface area contributed by atoms with Gasteiger partial charge in [0.25, 0.3) is 0 Å². The van der Waals surface area contributed by atoms with Gasteiger partial charge in [0.05, 0.1) is 10.6 Å². The van der Waals surface area contributed by atoms with E-state index in [-0.39, 0.29) is 15.3 Å². The minimum absolute atomic E-state index is 0.0889. The van der Waals surface area contributed by atoms with Crippen molar-refractivity contribution < 1.29 is 9.90 Å². The summed E-state index contributed by atoms with van der Waals surface area (Å²) in [4.78, 5) is 15.2. The molecule has 0 bridgehead atoms. The van der Waals surface area contributed by atoms with E-state index >= 15 is 0 Å². The van der Waals surface area contributed by atoms with Crippen molar-refractivity contribution in [2.45, 2.75) is 36.9 Å². The Morgan fingerprint density at radius 3 is 2.80 bits per heavy atom. The monoisotopic (exact) mass is 314 g/mol. The number of aromatic carboxylic acids is 1. The first kappa shape index (κ1) is 15.4. The number of carboxylic acid groups (broad SMARTS) is 1. The Balaban J connectivity index is 2.06. The van der Waals surface area contributed by atoms with Crippen LogP contribution in [-0.4, -0.2) is 33.6 Å². The number of hydrogen-bond acceptors (Lipinski definition) is 4. The zero-order chi connectivity index (χ0) is 14.6. The molecule has 1 fully saturated rings. The average Bonchev–Trinajstić information content (AvgIpc) is 2.47. The lowest BCUT2D eigenvalue weighted by Crippen LogP contribution is -2.35. The van der Waals surface area contributed by atoms with Crippen molar-refractivity contribution in [1.82, 2.24) is 4.98 Å². The first-order valence-electron chi connectivity index (χ1n) is 6.74. The smallest absolute Gasteiger partial charge is 0.337 e. The SMILES string of the molecule is CSC1(CNc2cc(C(=O)O)c(Cl)cn2)CCCCC1. The number of hydrogen-bond donors (Lipinski definition) is 2. The van der Waals surface area contributed by atoms with Crippen LogP contribution in [0.25, 0.3) is 0 Å². The quantitative estimate of drug-likeness (QED) is 0.862. The highest BCUT2D eigenvalue weighted by Crippen LogP contribution is 2.38. The van der Waals surface area contributed by atoms with Crippen LogP contribution in [0.1, 0.15) is 42.5 Å². The Labute approximate surface area is 128 Å². The lowest BCUT2D eigenvalue weighted by Gasteiger charge is -2.36. The highest BCUT2D eigenvalue weighted by molar-refractivity contribution is 8.00. The molecule has 1 heterocycles. The fourth-order valence-electron chi connectivity index (χ4n) is 2.60. The third-order valence-electron chi connectivity index (χ3n) is 3.88. The van der Waals surface area contributed by atoms with E-state index in [0.717, 1.165) is 6.54 Å². The summed E-state index contributed by atoms with van der Waals surface area (Å²) in [7, 11) is 0. The van der Waals surface area contributed by atoms with Crippen LogP contribution in [0.4, 0.5) is 5.82 Å². The van der Waals surface area contributed by atoms with E-state index in [2.05, 4.69) is 16.6 Å². The summed E-state index contributed by atoms with van der Waals surface area (Å²) in [6.45, 7) is 0.807. The summed E-state index contributed by atoms with van der Waals surface area (Å²) < 4.78 is 0.239. The Kier molecular flexibility index (Phi) is 5.16. The molecule has 4 nitrogen and oxygen atoms in total. The Morgan fingerprint density at radius 1 is 1.50 bits per heavy atom. The van der Waals surface area contributed by atoms with Gasteiger partial charge in [0.2, 0.25) is 0 Å². The Hall–Kier alpha value is -0.940. The molecule has 0 aromatic carbocycles. The van der Waals surface area contributed by atoms with Crippen molar-refractivity contribution in [3.05, 3.63) is 22.8 Å². The van der Waals surface area contributed by atoms with E-state index in [0.29, 0.717) is 5.82 Å². The van der Waals surface area contributed by atoms with E-state index in [1.54, 1.807) is 0 Å².